The molecule has 6 heteroatoms. The molecule has 21 heavy (non-hydrogen) atoms. The zero-order chi connectivity index (χ0) is 13.8. The molecule has 0 spiro atoms. The van der Waals surface area contributed by atoms with Gasteiger partial charge in [-0.05, 0) is 37.1 Å². The third-order valence-electron chi connectivity index (χ3n) is 3.45. The normalized spacial score (nSPS) is 16.5. The molecular weight excluding hydrogens is 378 g/mol. The molecule has 120 valence electrons. The summed E-state index contributed by atoms with van der Waals surface area (Å²) in [5, 5.41) is 3.35. The molecule has 2 nitrogen and oxygen atoms in total. The van der Waals surface area contributed by atoms with Crippen LogP contribution in [0.15, 0.2) is 34.8 Å². The van der Waals surface area contributed by atoms with Crippen LogP contribution in [0.3, 0.4) is 0 Å². The van der Waals surface area contributed by atoms with E-state index in [-0.39, 0.29) is 36.7 Å². The lowest BCUT2D eigenvalue weighted by Gasteiger charge is -2.36. The van der Waals surface area contributed by atoms with Crippen LogP contribution in [0, 0.1) is 5.82 Å². The van der Waals surface area contributed by atoms with Crippen LogP contribution in [0.4, 0.5) is 4.39 Å². The number of hydrogen-bond acceptors (Lipinski definition) is 2. The van der Waals surface area contributed by atoms with Crippen LogP contribution < -0.4 is 5.32 Å². The monoisotopic (exact) mass is 398 g/mol. The average Bonchev–Trinajstić information content (AvgIpc) is 2.40. The van der Waals surface area contributed by atoms with Crippen LogP contribution >= 0.6 is 40.7 Å². The molecular formula is C15H22BrCl2FN2. The molecule has 1 aliphatic heterocycles. The van der Waals surface area contributed by atoms with Crippen LogP contribution in [-0.4, -0.2) is 31.1 Å². The Labute approximate surface area is 147 Å². The van der Waals surface area contributed by atoms with E-state index in [0.29, 0.717) is 0 Å². The summed E-state index contributed by atoms with van der Waals surface area (Å²) in [4.78, 5) is 2.41. The minimum Gasteiger partial charge on any atom is -0.314 e. The van der Waals surface area contributed by atoms with Gasteiger partial charge in [-0.2, -0.15) is 0 Å². The Kier molecular flexibility index (Phi) is 9.74. The van der Waals surface area contributed by atoms with Crippen LogP contribution in [0.25, 0.3) is 0 Å². The molecule has 1 aliphatic rings. The van der Waals surface area contributed by atoms with Gasteiger partial charge in [0.2, 0.25) is 0 Å². The smallest absolute Gasteiger partial charge is 0.123 e. The summed E-state index contributed by atoms with van der Waals surface area (Å²) in [6.45, 7) is 9.99. The van der Waals surface area contributed by atoms with Crippen molar-refractivity contribution in [1.82, 2.24) is 10.2 Å². The summed E-state index contributed by atoms with van der Waals surface area (Å²) in [7, 11) is 0. The second-order valence-corrected chi connectivity index (χ2v) is 5.98. The lowest BCUT2D eigenvalue weighted by molar-refractivity contribution is 0.171. The highest BCUT2D eigenvalue weighted by molar-refractivity contribution is 9.10. The summed E-state index contributed by atoms with van der Waals surface area (Å²) < 4.78 is 14.5. The maximum Gasteiger partial charge on any atom is 0.123 e. The van der Waals surface area contributed by atoms with Gasteiger partial charge in [0.15, 0.2) is 0 Å². The van der Waals surface area contributed by atoms with E-state index in [1.54, 1.807) is 12.1 Å². The van der Waals surface area contributed by atoms with Crippen molar-refractivity contribution in [3.63, 3.8) is 0 Å². The predicted molar refractivity (Wildman–Crippen MR) is 95.2 cm³/mol. The molecule has 1 atom stereocenters. The zero-order valence-electron chi connectivity index (χ0n) is 12.1. The Hall–Kier alpha value is -0.130. The van der Waals surface area contributed by atoms with Crippen molar-refractivity contribution < 1.29 is 4.39 Å². The lowest BCUT2D eigenvalue weighted by atomic mass is 9.98. The molecule has 1 aromatic carbocycles. The standard InChI is InChI=1S/C15H20BrFN2.2ClH/c1-11(2)9-15(19-7-5-18-6-8-19)13-10-12(17)3-4-14(13)16;;/h3-4,10,15,18H,1,5-9H2,2H3;2*1H/t15-;;/m0../s1. The van der Waals surface area contributed by atoms with Crippen molar-refractivity contribution in [2.24, 2.45) is 0 Å². The first-order valence-corrected chi connectivity index (χ1v) is 7.41. The van der Waals surface area contributed by atoms with Crippen LogP contribution in [0.5, 0.6) is 0 Å². The van der Waals surface area contributed by atoms with E-state index in [4.69, 9.17) is 0 Å². The third kappa shape index (κ3) is 5.87. The predicted octanol–water partition coefficient (Wildman–Crippen LogP) is 4.34. The lowest BCUT2D eigenvalue weighted by Crippen LogP contribution is -2.45. The van der Waals surface area contributed by atoms with Crippen LogP contribution in [0.1, 0.15) is 24.9 Å². The van der Waals surface area contributed by atoms with Crippen molar-refractivity contribution in [2.45, 2.75) is 19.4 Å². The van der Waals surface area contributed by atoms with Gasteiger partial charge in [0, 0.05) is 36.7 Å². The van der Waals surface area contributed by atoms with Crippen molar-refractivity contribution in [1.29, 1.82) is 0 Å². The maximum absolute atomic E-state index is 13.5. The van der Waals surface area contributed by atoms with Gasteiger partial charge in [-0.1, -0.05) is 21.5 Å². The molecule has 1 heterocycles. The Bertz CT molecular complexity index is 465. The maximum atomic E-state index is 13.5. The third-order valence-corrected chi connectivity index (χ3v) is 4.17. The minimum absolute atomic E-state index is 0. The molecule has 0 radical (unpaired) electrons. The van der Waals surface area contributed by atoms with Gasteiger partial charge in [0.25, 0.3) is 0 Å². The summed E-state index contributed by atoms with van der Waals surface area (Å²) >= 11 is 3.55. The minimum atomic E-state index is -0.181. The molecule has 0 amide bonds. The Morgan fingerprint density at radius 1 is 1.38 bits per heavy atom. The first-order chi connectivity index (χ1) is 9.08. The SMILES string of the molecule is C=C(C)C[C@@H](c1cc(F)ccc1Br)N1CCNCC1.Cl.Cl. The quantitative estimate of drug-likeness (QED) is 0.757. The van der Waals surface area contributed by atoms with Gasteiger partial charge in [-0.3, -0.25) is 4.90 Å². The highest BCUT2D eigenvalue weighted by Crippen LogP contribution is 2.33. The fraction of sp³-hybridized carbons (Fsp3) is 0.467. The summed E-state index contributed by atoms with van der Waals surface area (Å²) in [6, 6.07) is 5.12. The van der Waals surface area contributed by atoms with Gasteiger partial charge in [-0.25, -0.2) is 4.39 Å². The van der Waals surface area contributed by atoms with E-state index in [2.05, 4.69) is 32.7 Å². The number of piperazine rings is 1. The molecule has 0 unspecified atom stereocenters. The second kappa shape index (κ2) is 9.80. The fourth-order valence-corrected chi connectivity index (χ4v) is 3.04. The van der Waals surface area contributed by atoms with E-state index >= 15 is 0 Å². The molecule has 0 saturated carbocycles. The molecule has 0 aliphatic carbocycles. The molecule has 0 aromatic heterocycles. The van der Waals surface area contributed by atoms with Gasteiger partial charge in [0.05, 0.1) is 0 Å². The summed E-state index contributed by atoms with van der Waals surface area (Å²) in [6.07, 6.45) is 0.863. The van der Waals surface area contributed by atoms with Crippen LogP contribution in [-0.2, 0) is 0 Å². The Morgan fingerprint density at radius 3 is 2.57 bits per heavy atom. The number of nitrogens with one attached hydrogen (secondary N) is 1. The number of rotatable bonds is 4. The number of hydrogen-bond donors (Lipinski definition) is 1. The van der Waals surface area contributed by atoms with E-state index < -0.39 is 0 Å². The highest BCUT2D eigenvalue weighted by atomic mass is 79.9. The molecule has 1 saturated heterocycles. The van der Waals surface area contributed by atoms with E-state index in [0.717, 1.165) is 48.2 Å². The van der Waals surface area contributed by atoms with Crippen molar-refractivity contribution >= 4 is 40.7 Å². The largest absolute Gasteiger partial charge is 0.314 e. The fourth-order valence-electron chi connectivity index (χ4n) is 2.53. The molecule has 1 fully saturated rings. The zero-order valence-corrected chi connectivity index (χ0v) is 15.3. The van der Waals surface area contributed by atoms with E-state index in [9.17, 15) is 4.39 Å². The Morgan fingerprint density at radius 2 is 2.00 bits per heavy atom. The number of halogens is 4. The first kappa shape index (κ1) is 20.9. The topological polar surface area (TPSA) is 15.3 Å². The van der Waals surface area contributed by atoms with E-state index in [1.165, 1.54) is 6.07 Å². The highest BCUT2D eigenvalue weighted by Gasteiger charge is 2.24. The average molecular weight is 400 g/mol. The molecule has 2 rings (SSSR count). The van der Waals surface area contributed by atoms with Crippen LogP contribution in [0.2, 0.25) is 0 Å². The van der Waals surface area contributed by atoms with Gasteiger partial charge in [0.1, 0.15) is 5.82 Å². The second-order valence-electron chi connectivity index (χ2n) is 5.13. The summed E-state index contributed by atoms with van der Waals surface area (Å²) in [5.41, 5.74) is 2.14. The van der Waals surface area contributed by atoms with Gasteiger partial charge in [-0.15, -0.1) is 31.4 Å². The summed E-state index contributed by atoms with van der Waals surface area (Å²) in [5.74, 6) is -0.181. The Balaban J connectivity index is 0.00000200. The molecule has 1 aromatic rings. The van der Waals surface area contributed by atoms with Gasteiger partial charge >= 0.3 is 0 Å². The van der Waals surface area contributed by atoms with Crippen molar-refractivity contribution in [2.75, 3.05) is 26.2 Å². The van der Waals surface area contributed by atoms with Crippen molar-refractivity contribution in [3.05, 3.63) is 46.2 Å². The van der Waals surface area contributed by atoms with E-state index in [1.807, 2.05) is 6.92 Å². The van der Waals surface area contributed by atoms with Crippen molar-refractivity contribution in [3.8, 4) is 0 Å². The molecule has 0 bridgehead atoms. The number of nitrogens with zero attached hydrogens (tertiary/aromatic N) is 1. The molecule has 1 N–H and O–H groups in total. The first-order valence-electron chi connectivity index (χ1n) is 6.62. The number of benzene rings is 1. The van der Waals surface area contributed by atoms with Gasteiger partial charge < -0.3 is 5.32 Å².